The number of hydrogen-bond donors (Lipinski definition) is 0. The number of carbonyl (C=O) groups excluding carboxylic acids is 1. The average Bonchev–Trinajstić information content (AvgIpc) is 2.89. The van der Waals surface area contributed by atoms with E-state index in [0.29, 0.717) is 13.0 Å². The second kappa shape index (κ2) is 6.59. The van der Waals surface area contributed by atoms with Crippen molar-refractivity contribution in [2.75, 3.05) is 7.11 Å². The Bertz CT molecular complexity index is 757. The first-order valence-corrected chi connectivity index (χ1v) is 8.27. The summed E-state index contributed by atoms with van der Waals surface area (Å²) < 4.78 is 6.24. The second-order valence-electron chi connectivity index (χ2n) is 5.55. The lowest BCUT2D eigenvalue weighted by atomic mass is 10.0. The summed E-state index contributed by atoms with van der Waals surface area (Å²) in [4.78, 5) is 14.7. The van der Waals surface area contributed by atoms with Gasteiger partial charge in [-0.2, -0.15) is 0 Å². The van der Waals surface area contributed by atoms with Gasteiger partial charge in [0.25, 0.3) is 5.91 Å². The molecule has 0 fully saturated rings. The Kier molecular flexibility index (Phi) is 4.53. The predicted molar refractivity (Wildman–Crippen MR) is 94.6 cm³/mol. The Labute approximate surface area is 144 Å². The summed E-state index contributed by atoms with van der Waals surface area (Å²) in [6, 6.07) is 13.7. The van der Waals surface area contributed by atoms with Gasteiger partial charge in [0.2, 0.25) is 0 Å². The van der Waals surface area contributed by atoms with Crippen molar-refractivity contribution >= 4 is 21.8 Å². The zero-order valence-electron chi connectivity index (χ0n) is 13.0. The van der Waals surface area contributed by atoms with Crippen LogP contribution in [0.15, 0.2) is 59.6 Å². The first-order valence-electron chi connectivity index (χ1n) is 7.48. The van der Waals surface area contributed by atoms with Crippen LogP contribution in [0.4, 0.5) is 0 Å². The van der Waals surface area contributed by atoms with E-state index in [1.54, 1.807) is 7.11 Å². The van der Waals surface area contributed by atoms with Crippen LogP contribution in [0.2, 0.25) is 0 Å². The van der Waals surface area contributed by atoms with E-state index in [2.05, 4.69) is 22.5 Å². The van der Waals surface area contributed by atoms with Crippen LogP contribution in [0.5, 0.6) is 5.75 Å². The van der Waals surface area contributed by atoms with E-state index in [9.17, 15) is 4.79 Å². The zero-order chi connectivity index (χ0) is 16.4. The third kappa shape index (κ3) is 3.04. The van der Waals surface area contributed by atoms with Gasteiger partial charge in [0.1, 0.15) is 5.75 Å². The molecule has 4 heteroatoms. The largest absolute Gasteiger partial charge is 0.497 e. The lowest BCUT2D eigenvalue weighted by Gasteiger charge is -2.27. The van der Waals surface area contributed by atoms with Crippen molar-refractivity contribution in [3.63, 3.8) is 0 Å². The molecule has 0 aliphatic carbocycles. The molecule has 1 aliphatic rings. The number of nitrogens with zero attached hydrogens (tertiary/aromatic N) is 1. The molecule has 0 aromatic heterocycles. The molecule has 1 atom stereocenters. The van der Waals surface area contributed by atoms with Crippen LogP contribution in [-0.4, -0.2) is 17.9 Å². The number of halogens is 1. The molecule has 0 N–H and O–H groups in total. The fraction of sp³-hybridized carbons (Fsp3) is 0.211. The molecular weight excluding hydrogens is 354 g/mol. The molecule has 3 rings (SSSR count). The van der Waals surface area contributed by atoms with Gasteiger partial charge in [-0.15, -0.1) is 6.58 Å². The Morgan fingerprint density at radius 2 is 2.17 bits per heavy atom. The minimum Gasteiger partial charge on any atom is -0.497 e. The molecule has 3 nitrogen and oxygen atoms in total. The predicted octanol–water partition coefficient (Wildman–Crippen LogP) is 4.73. The lowest BCUT2D eigenvalue weighted by molar-refractivity contribution is 0.0702. The minimum absolute atomic E-state index is 0.0405. The smallest absolute Gasteiger partial charge is 0.255 e. The fourth-order valence-corrected chi connectivity index (χ4v) is 3.36. The van der Waals surface area contributed by atoms with E-state index >= 15 is 0 Å². The minimum atomic E-state index is -0.0405. The van der Waals surface area contributed by atoms with Crippen LogP contribution in [-0.2, 0) is 6.54 Å². The highest BCUT2D eigenvalue weighted by atomic mass is 79.9. The maximum atomic E-state index is 12.8. The van der Waals surface area contributed by atoms with Crippen molar-refractivity contribution < 1.29 is 9.53 Å². The molecule has 0 saturated heterocycles. The highest BCUT2D eigenvalue weighted by molar-refractivity contribution is 9.10. The van der Waals surface area contributed by atoms with E-state index in [1.807, 2.05) is 53.4 Å². The van der Waals surface area contributed by atoms with Crippen molar-refractivity contribution in [3.05, 3.63) is 76.3 Å². The molecular formula is C19H18BrNO2. The number of fused-ring (bicyclic) bond motifs is 1. The van der Waals surface area contributed by atoms with Crippen molar-refractivity contribution in [2.24, 2.45) is 0 Å². The Morgan fingerprint density at radius 1 is 1.35 bits per heavy atom. The number of rotatable bonds is 5. The van der Waals surface area contributed by atoms with Crippen LogP contribution in [0.1, 0.15) is 33.9 Å². The highest BCUT2D eigenvalue weighted by Gasteiger charge is 2.33. The van der Waals surface area contributed by atoms with Gasteiger partial charge in [-0.05, 0) is 41.8 Å². The van der Waals surface area contributed by atoms with Crippen LogP contribution in [0.25, 0.3) is 0 Å². The Balaban J connectivity index is 1.96. The standard InChI is InChI=1S/C19H18BrNO2/c1-3-5-18(13-6-4-7-16(10-13)23-2)21-12-14-8-9-15(20)11-17(14)19(21)22/h3-4,6-11,18H,1,5,12H2,2H3. The van der Waals surface area contributed by atoms with Gasteiger partial charge in [-0.25, -0.2) is 0 Å². The van der Waals surface area contributed by atoms with E-state index in [1.165, 1.54) is 0 Å². The summed E-state index contributed by atoms with van der Waals surface area (Å²) >= 11 is 3.44. The number of ether oxygens (including phenoxy) is 1. The summed E-state index contributed by atoms with van der Waals surface area (Å²) in [5.41, 5.74) is 2.90. The second-order valence-corrected chi connectivity index (χ2v) is 6.47. The molecule has 0 bridgehead atoms. The summed E-state index contributed by atoms with van der Waals surface area (Å²) in [7, 11) is 1.65. The molecule has 1 amide bonds. The van der Waals surface area contributed by atoms with Crippen LogP contribution in [0, 0.1) is 0 Å². The number of benzene rings is 2. The first-order chi connectivity index (χ1) is 11.1. The molecule has 1 unspecified atom stereocenters. The average molecular weight is 372 g/mol. The summed E-state index contributed by atoms with van der Waals surface area (Å²) in [6.07, 6.45) is 2.56. The zero-order valence-corrected chi connectivity index (χ0v) is 14.5. The van der Waals surface area contributed by atoms with Crippen molar-refractivity contribution in [3.8, 4) is 5.75 Å². The third-order valence-corrected chi connectivity index (χ3v) is 4.64. The molecule has 0 saturated carbocycles. The first kappa shape index (κ1) is 15.8. The SMILES string of the molecule is C=CCC(c1cccc(OC)c1)N1Cc2ccc(Br)cc2C1=O. The van der Waals surface area contributed by atoms with E-state index in [4.69, 9.17) is 4.74 Å². The molecule has 23 heavy (non-hydrogen) atoms. The molecule has 2 aromatic rings. The van der Waals surface area contributed by atoms with Gasteiger partial charge in [0, 0.05) is 16.6 Å². The van der Waals surface area contributed by atoms with Crippen LogP contribution < -0.4 is 4.74 Å². The van der Waals surface area contributed by atoms with Crippen LogP contribution in [0.3, 0.4) is 0 Å². The Morgan fingerprint density at radius 3 is 2.91 bits per heavy atom. The molecule has 2 aromatic carbocycles. The normalized spacial score (nSPS) is 14.5. The summed E-state index contributed by atoms with van der Waals surface area (Å²) in [5.74, 6) is 0.861. The molecule has 1 heterocycles. The quantitative estimate of drug-likeness (QED) is 0.710. The third-order valence-electron chi connectivity index (χ3n) is 4.15. The van der Waals surface area contributed by atoms with Gasteiger partial charge >= 0.3 is 0 Å². The van der Waals surface area contributed by atoms with E-state index in [-0.39, 0.29) is 11.9 Å². The monoisotopic (exact) mass is 371 g/mol. The summed E-state index contributed by atoms with van der Waals surface area (Å²) in [6.45, 7) is 4.47. The van der Waals surface area contributed by atoms with Crippen LogP contribution >= 0.6 is 15.9 Å². The lowest BCUT2D eigenvalue weighted by Crippen LogP contribution is -2.29. The molecule has 1 aliphatic heterocycles. The number of methoxy groups -OCH3 is 1. The van der Waals surface area contributed by atoms with Crippen molar-refractivity contribution in [1.82, 2.24) is 4.90 Å². The van der Waals surface area contributed by atoms with Gasteiger partial charge in [0.15, 0.2) is 0 Å². The molecule has 0 radical (unpaired) electrons. The topological polar surface area (TPSA) is 29.5 Å². The van der Waals surface area contributed by atoms with E-state index in [0.717, 1.165) is 26.9 Å². The number of hydrogen-bond acceptors (Lipinski definition) is 2. The van der Waals surface area contributed by atoms with E-state index < -0.39 is 0 Å². The van der Waals surface area contributed by atoms with Crippen molar-refractivity contribution in [2.45, 2.75) is 19.0 Å². The highest BCUT2D eigenvalue weighted by Crippen LogP contribution is 2.35. The number of carbonyl (C=O) groups is 1. The molecule has 118 valence electrons. The molecule has 0 spiro atoms. The van der Waals surface area contributed by atoms with Crippen molar-refractivity contribution in [1.29, 1.82) is 0 Å². The fourth-order valence-electron chi connectivity index (χ4n) is 3.00. The van der Waals surface area contributed by atoms with Gasteiger partial charge in [-0.3, -0.25) is 4.79 Å². The van der Waals surface area contributed by atoms with Gasteiger partial charge < -0.3 is 9.64 Å². The van der Waals surface area contributed by atoms with Gasteiger partial charge in [-0.1, -0.05) is 40.2 Å². The maximum Gasteiger partial charge on any atom is 0.255 e. The summed E-state index contributed by atoms with van der Waals surface area (Å²) in [5, 5.41) is 0. The Hall–Kier alpha value is -2.07. The maximum absolute atomic E-state index is 12.8. The van der Waals surface area contributed by atoms with Gasteiger partial charge in [0.05, 0.1) is 13.2 Å². The number of amides is 1.